The van der Waals surface area contributed by atoms with Gasteiger partial charge in [0.05, 0.1) is 24.7 Å². The minimum absolute atomic E-state index is 0.137. The molecule has 4 rings (SSSR count). The molecule has 3 aromatic rings. The molecule has 1 unspecified atom stereocenters. The number of hydrogen-bond acceptors (Lipinski definition) is 3. The van der Waals surface area contributed by atoms with Crippen molar-refractivity contribution in [3.05, 3.63) is 84.1 Å². The zero-order valence-corrected chi connectivity index (χ0v) is 17.5. The molecule has 1 heterocycles. The average Bonchev–Trinajstić information content (AvgIpc) is 3.28. The summed E-state index contributed by atoms with van der Waals surface area (Å²) in [5, 5.41) is 10.5. The largest absolute Gasteiger partial charge is 0.345 e. The molecule has 0 aliphatic heterocycles. The lowest BCUT2D eigenvalue weighted by molar-refractivity contribution is -0.116. The lowest BCUT2D eigenvalue weighted by atomic mass is 9.96. The lowest BCUT2D eigenvalue weighted by Gasteiger charge is -2.24. The maximum atomic E-state index is 12.9. The minimum atomic E-state index is -0.431. The van der Waals surface area contributed by atoms with E-state index in [-0.39, 0.29) is 18.2 Å². The van der Waals surface area contributed by atoms with Gasteiger partial charge in [-0.05, 0) is 30.5 Å². The Labute approximate surface area is 182 Å². The number of rotatable bonds is 7. The zero-order chi connectivity index (χ0) is 21.5. The van der Waals surface area contributed by atoms with Gasteiger partial charge in [-0.2, -0.15) is 5.10 Å². The normalized spacial score (nSPS) is 15.2. The first kappa shape index (κ1) is 20.8. The van der Waals surface area contributed by atoms with E-state index in [0.717, 1.165) is 24.2 Å². The van der Waals surface area contributed by atoms with Gasteiger partial charge in [0.15, 0.2) is 0 Å². The van der Waals surface area contributed by atoms with Gasteiger partial charge in [0.25, 0.3) is 5.91 Å². The van der Waals surface area contributed by atoms with E-state index in [9.17, 15) is 9.59 Å². The summed E-state index contributed by atoms with van der Waals surface area (Å²) < 4.78 is 1.94. The molecule has 1 saturated carbocycles. The third-order valence-corrected chi connectivity index (χ3v) is 5.79. The fourth-order valence-corrected chi connectivity index (χ4v) is 4.18. The van der Waals surface area contributed by atoms with Gasteiger partial charge in [0.1, 0.15) is 5.82 Å². The molecule has 0 saturated heterocycles. The van der Waals surface area contributed by atoms with Gasteiger partial charge in [0.2, 0.25) is 5.91 Å². The van der Waals surface area contributed by atoms with E-state index in [0.29, 0.717) is 11.6 Å². The number of aromatic nitrogens is 2. The van der Waals surface area contributed by atoms with Crippen LogP contribution in [0.1, 0.15) is 66.5 Å². The van der Waals surface area contributed by atoms with Crippen molar-refractivity contribution in [1.29, 1.82) is 0 Å². The van der Waals surface area contributed by atoms with Crippen molar-refractivity contribution in [3.8, 4) is 0 Å². The molecular formula is C25H28N4O2. The van der Waals surface area contributed by atoms with Gasteiger partial charge < -0.3 is 10.6 Å². The molecule has 160 valence electrons. The van der Waals surface area contributed by atoms with Crippen molar-refractivity contribution in [3.63, 3.8) is 0 Å². The SMILES string of the molecule is O=C(CC(NC(=O)c1ccccc1)c1ccccc1)Nc1ccnn1C1CCCCC1. The van der Waals surface area contributed by atoms with Crippen LogP contribution >= 0.6 is 0 Å². The highest BCUT2D eigenvalue weighted by molar-refractivity contribution is 5.95. The Bertz CT molecular complexity index is 995. The third-order valence-electron chi connectivity index (χ3n) is 5.79. The smallest absolute Gasteiger partial charge is 0.251 e. The monoisotopic (exact) mass is 416 g/mol. The van der Waals surface area contributed by atoms with Crippen molar-refractivity contribution in [2.24, 2.45) is 0 Å². The summed E-state index contributed by atoms with van der Waals surface area (Å²) in [6.45, 7) is 0. The molecular weight excluding hydrogens is 388 g/mol. The van der Waals surface area contributed by atoms with Crippen LogP contribution in [0.2, 0.25) is 0 Å². The molecule has 0 bridgehead atoms. The second-order valence-corrected chi connectivity index (χ2v) is 8.01. The molecule has 1 aromatic heterocycles. The Kier molecular flexibility index (Phi) is 6.77. The second-order valence-electron chi connectivity index (χ2n) is 8.01. The molecule has 0 spiro atoms. The van der Waals surface area contributed by atoms with Crippen LogP contribution in [0.3, 0.4) is 0 Å². The number of carbonyl (C=O) groups is 2. The number of carbonyl (C=O) groups excluding carboxylic acids is 2. The molecule has 0 radical (unpaired) electrons. The molecule has 6 nitrogen and oxygen atoms in total. The van der Waals surface area contributed by atoms with Gasteiger partial charge in [-0.3, -0.25) is 9.59 Å². The minimum Gasteiger partial charge on any atom is -0.345 e. The Morgan fingerprint density at radius 1 is 0.935 bits per heavy atom. The van der Waals surface area contributed by atoms with Gasteiger partial charge in [-0.15, -0.1) is 0 Å². The highest BCUT2D eigenvalue weighted by atomic mass is 16.2. The summed E-state index contributed by atoms with van der Waals surface area (Å²) in [5.41, 5.74) is 1.46. The van der Waals surface area contributed by atoms with Crippen LogP contribution in [-0.4, -0.2) is 21.6 Å². The summed E-state index contributed by atoms with van der Waals surface area (Å²) in [6, 6.07) is 20.4. The van der Waals surface area contributed by atoms with Crippen LogP contribution < -0.4 is 10.6 Å². The first-order chi connectivity index (χ1) is 15.2. The quantitative estimate of drug-likeness (QED) is 0.576. The molecule has 31 heavy (non-hydrogen) atoms. The van der Waals surface area contributed by atoms with E-state index in [1.807, 2.05) is 59.3 Å². The fraction of sp³-hybridized carbons (Fsp3) is 0.320. The molecule has 6 heteroatoms. The van der Waals surface area contributed by atoms with Crippen LogP contribution in [-0.2, 0) is 4.79 Å². The maximum Gasteiger partial charge on any atom is 0.251 e. The van der Waals surface area contributed by atoms with E-state index in [1.165, 1.54) is 19.3 Å². The zero-order valence-electron chi connectivity index (χ0n) is 17.5. The predicted molar refractivity (Wildman–Crippen MR) is 121 cm³/mol. The topological polar surface area (TPSA) is 76.0 Å². The summed E-state index contributed by atoms with van der Waals surface area (Å²) >= 11 is 0. The Hall–Kier alpha value is -3.41. The highest BCUT2D eigenvalue weighted by Crippen LogP contribution is 2.30. The van der Waals surface area contributed by atoms with Crippen LogP contribution in [0.4, 0.5) is 5.82 Å². The van der Waals surface area contributed by atoms with Gasteiger partial charge in [0, 0.05) is 11.6 Å². The molecule has 1 aliphatic carbocycles. The lowest BCUT2D eigenvalue weighted by Crippen LogP contribution is -2.32. The molecule has 2 N–H and O–H groups in total. The summed E-state index contributed by atoms with van der Waals surface area (Å²) in [6.07, 6.45) is 7.70. The molecule has 2 amide bonds. The Morgan fingerprint density at radius 3 is 2.32 bits per heavy atom. The number of nitrogens with one attached hydrogen (secondary N) is 2. The second kappa shape index (κ2) is 10.1. The van der Waals surface area contributed by atoms with Crippen molar-refractivity contribution < 1.29 is 9.59 Å². The Morgan fingerprint density at radius 2 is 1.61 bits per heavy atom. The number of nitrogens with zero attached hydrogens (tertiary/aromatic N) is 2. The maximum absolute atomic E-state index is 12.9. The molecule has 1 atom stereocenters. The number of benzene rings is 2. The summed E-state index contributed by atoms with van der Waals surface area (Å²) in [5.74, 6) is 0.368. The summed E-state index contributed by atoms with van der Waals surface area (Å²) in [4.78, 5) is 25.7. The van der Waals surface area contributed by atoms with Crippen LogP contribution in [0, 0.1) is 0 Å². The molecule has 2 aromatic carbocycles. The van der Waals surface area contributed by atoms with Crippen molar-refractivity contribution in [1.82, 2.24) is 15.1 Å². The third kappa shape index (κ3) is 5.40. The predicted octanol–water partition coefficient (Wildman–Crippen LogP) is 4.89. The average molecular weight is 417 g/mol. The molecule has 1 fully saturated rings. The van der Waals surface area contributed by atoms with E-state index in [4.69, 9.17) is 0 Å². The van der Waals surface area contributed by atoms with E-state index in [1.54, 1.807) is 18.3 Å². The van der Waals surface area contributed by atoms with Crippen LogP contribution in [0.25, 0.3) is 0 Å². The number of hydrogen-bond donors (Lipinski definition) is 2. The first-order valence-electron chi connectivity index (χ1n) is 10.9. The van der Waals surface area contributed by atoms with E-state index < -0.39 is 6.04 Å². The number of amides is 2. The Balaban J connectivity index is 1.46. The van der Waals surface area contributed by atoms with Gasteiger partial charge in [-0.1, -0.05) is 67.8 Å². The first-order valence-corrected chi connectivity index (χ1v) is 10.9. The highest BCUT2D eigenvalue weighted by Gasteiger charge is 2.22. The fourth-order valence-electron chi connectivity index (χ4n) is 4.18. The van der Waals surface area contributed by atoms with Crippen LogP contribution in [0.5, 0.6) is 0 Å². The van der Waals surface area contributed by atoms with Crippen molar-refractivity contribution in [2.75, 3.05) is 5.32 Å². The standard InChI is InChI=1S/C25H28N4O2/c30-24(28-23-16-17-26-29(23)21-14-8-3-9-15-21)18-22(19-10-4-1-5-11-19)27-25(31)20-12-6-2-7-13-20/h1-2,4-7,10-13,16-17,21-22H,3,8-9,14-15,18H2,(H,27,31)(H,28,30). The van der Waals surface area contributed by atoms with Gasteiger partial charge in [-0.25, -0.2) is 4.68 Å². The number of anilines is 1. The molecule has 1 aliphatic rings. The van der Waals surface area contributed by atoms with Crippen molar-refractivity contribution in [2.45, 2.75) is 50.6 Å². The van der Waals surface area contributed by atoms with E-state index in [2.05, 4.69) is 15.7 Å². The summed E-state index contributed by atoms with van der Waals surface area (Å²) in [7, 11) is 0. The van der Waals surface area contributed by atoms with Crippen molar-refractivity contribution >= 4 is 17.6 Å². The van der Waals surface area contributed by atoms with Crippen LogP contribution in [0.15, 0.2) is 72.9 Å². The van der Waals surface area contributed by atoms with Gasteiger partial charge >= 0.3 is 0 Å². The van der Waals surface area contributed by atoms with E-state index >= 15 is 0 Å².